The molecule has 3 rings (SSSR count). The molecule has 1 heterocycles. The van der Waals surface area contributed by atoms with E-state index in [0.717, 1.165) is 12.8 Å². The van der Waals surface area contributed by atoms with E-state index in [0.29, 0.717) is 31.9 Å². The van der Waals surface area contributed by atoms with Gasteiger partial charge in [-0.1, -0.05) is 24.6 Å². The summed E-state index contributed by atoms with van der Waals surface area (Å²) in [5.74, 6) is 1.04. The molecule has 5 nitrogen and oxygen atoms in total. The molecule has 0 atom stereocenters. The molecule has 1 saturated heterocycles. The first-order chi connectivity index (χ1) is 10.2. The van der Waals surface area contributed by atoms with Crippen LogP contribution in [0.2, 0.25) is 0 Å². The number of nitrogens with zero attached hydrogens (tertiary/aromatic N) is 2. The molecule has 2 amide bonds. The van der Waals surface area contributed by atoms with Gasteiger partial charge in [0.25, 0.3) is 0 Å². The third-order valence-corrected chi connectivity index (χ3v) is 4.25. The molecule has 21 heavy (non-hydrogen) atoms. The fraction of sp³-hybridized carbons (Fsp3) is 0.500. The summed E-state index contributed by atoms with van der Waals surface area (Å²) < 4.78 is 5.31. The SMILES string of the molecule is O=C(Oc1ccccc1)N1CCN(C(=O)C2CCC2)CC1. The van der Waals surface area contributed by atoms with Gasteiger partial charge in [-0.05, 0) is 25.0 Å². The molecule has 1 saturated carbocycles. The van der Waals surface area contributed by atoms with Crippen LogP contribution in [0.5, 0.6) is 5.75 Å². The molecule has 0 spiro atoms. The van der Waals surface area contributed by atoms with Crippen LogP contribution in [0, 0.1) is 5.92 Å². The lowest BCUT2D eigenvalue weighted by atomic mass is 9.84. The van der Waals surface area contributed by atoms with Crippen LogP contribution < -0.4 is 4.74 Å². The first-order valence-corrected chi connectivity index (χ1v) is 7.54. The molecule has 0 unspecified atom stereocenters. The van der Waals surface area contributed by atoms with E-state index in [4.69, 9.17) is 4.74 Å². The second-order valence-electron chi connectivity index (χ2n) is 5.62. The zero-order chi connectivity index (χ0) is 14.7. The first-order valence-electron chi connectivity index (χ1n) is 7.54. The van der Waals surface area contributed by atoms with Crippen LogP contribution >= 0.6 is 0 Å². The Bertz CT molecular complexity index is 506. The molecule has 0 bridgehead atoms. The van der Waals surface area contributed by atoms with Crippen LogP contribution in [-0.2, 0) is 4.79 Å². The van der Waals surface area contributed by atoms with Crippen molar-refractivity contribution < 1.29 is 14.3 Å². The molecule has 112 valence electrons. The van der Waals surface area contributed by atoms with Gasteiger partial charge in [0.1, 0.15) is 5.75 Å². The molecular weight excluding hydrogens is 268 g/mol. The van der Waals surface area contributed by atoms with E-state index in [1.807, 2.05) is 23.1 Å². The topological polar surface area (TPSA) is 49.9 Å². The Morgan fingerprint density at radius 1 is 0.952 bits per heavy atom. The van der Waals surface area contributed by atoms with Crippen molar-refractivity contribution in [2.75, 3.05) is 26.2 Å². The molecule has 1 aliphatic heterocycles. The zero-order valence-corrected chi connectivity index (χ0v) is 12.0. The van der Waals surface area contributed by atoms with E-state index >= 15 is 0 Å². The minimum Gasteiger partial charge on any atom is -0.410 e. The number of para-hydroxylation sites is 1. The summed E-state index contributed by atoms with van der Waals surface area (Å²) in [6, 6.07) is 9.06. The van der Waals surface area contributed by atoms with Crippen LogP contribution in [0.15, 0.2) is 30.3 Å². The quantitative estimate of drug-likeness (QED) is 0.837. The molecule has 0 aromatic heterocycles. The summed E-state index contributed by atoms with van der Waals surface area (Å²) in [6.07, 6.45) is 2.88. The Labute approximate surface area is 124 Å². The molecule has 0 radical (unpaired) electrons. The summed E-state index contributed by atoms with van der Waals surface area (Å²) in [6.45, 7) is 2.31. The van der Waals surface area contributed by atoms with Crippen LogP contribution in [-0.4, -0.2) is 48.0 Å². The Balaban J connectivity index is 1.48. The van der Waals surface area contributed by atoms with Crippen LogP contribution in [0.25, 0.3) is 0 Å². The normalized spacial score (nSPS) is 19.0. The lowest BCUT2D eigenvalue weighted by molar-refractivity contribution is -0.139. The number of hydrogen-bond acceptors (Lipinski definition) is 3. The maximum absolute atomic E-state index is 12.1. The largest absolute Gasteiger partial charge is 0.415 e. The molecule has 1 aromatic carbocycles. The number of carbonyl (C=O) groups is 2. The number of hydrogen-bond donors (Lipinski definition) is 0. The van der Waals surface area contributed by atoms with Crippen molar-refractivity contribution in [3.05, 3.63) is 30.3 Å². The Hall–Kier alpha value is -2.04. The number of benzene rings is 1. The third-order valence-electron chi connectivity index (χ3n) is 4.25. The highest BCUT2D eigenvalue weighted by molar-refractivity contribution is 5.80. The smallest absolute Gasteiger partial charge is 0.410 e. The van der Waals surface area contributed by atoms with Gasteiger partial charge in [0, 0.05) is 32.1 Å². The molecule has 1 aliphatic carbocycles. The third kappa shape index (κ3) is 3.17. The Morgan fingerprint density at radius 2 is 1.57 bits per heavy atom. The highest BCUT2D eigenvalue weighted by Crippen LogP contribution is 2.28. The van der Waals surface area contributed by atoms with E-state index in [9.17, 15) is 9.59 Å². The van der Waals surface area contributed by atoms with Crippen molar-refractivity contribution in [2.45, 2.75) is 19.3 Å². The summed E-state index contributed by atoms with van der Waals surface area (Å²) in [4.78, 5) is 27.7. The maximum Gasteiger partial charge on any atom is 0.415 e. The zero-order valence-electron chi connectivity index (χ0n) is 12.0. The highest BCUT2D eigenvalue weighted by atomic mass is 16.6. The summed E-state index contributed by atoms with van der Waals surface area (Å²) in [5, 5.41) is 0. The first kappa shape index (κ1) is 13.9. The Kier molecular flexibility index (Phi) is 4.08. The van der Waals surface area contributed by atoms with E-state index in [1.165, 1.54) is 6.42 Å². The van der Waals surface area contributed by atoms with Gasteiger partial charge in [-0.2, -0.15) is 0 Å². The summed E-state index contributed by atoms with van der Waals surface area (Å²) >= 11 is 0. The molecule has 5 heteroatoms. The fourth-order valence-electron chi connectivity index (χ4n) is 2.68. The number of piperazine rings is 1. The molecule has 0 N–H and O–H groups in total. The van der Waals surface area contributed by atoms with Crippen LogP contribution in [0.3, 0.4) is 0 Å². The van der Waals surface area contributed by atoms with E-state index in [1.54, 1.807) is 17.0 Å². The predicted octanol–water partition coefficient (Wildman–Crippen LogP) is 2.13. The minimum absolute atomic E-state index is 0.229. The van der Waals surface area contributed by atoms with Crippen molar-refractivity contribution in [1.82, 2.24) is 9.80 Å². The van der Waals surface area contributed by atoms with Crippen molar-refractivity contribution >= 4 is 12.0 Å². The van der Waals surface area contributed by atoms with Gasteiger partial charge in [0.15, 0.2) is 0 Å². The van der Waals surface area contributed by atoms with Crippen molar-refractivity contribution in [3.63, 3.8) is 0 Å². The minimum atomic E-state index is -0.336. The molecule has 2 aliphatic rings. The van der Waals surface area contributed by atoms with Gasteiger partial charge in [-0.3, -0.25) is 4.79 Å². The average Bonchev–Trinajstić information content (AvgIpc) is 2.46. The summed E-state index contributed by atoms with van der Waals surface area (Å²) in [5.41, 5.74) is 0. The van der Waals surface area contributed by atoms with Crippen LogP contribution in [0.4, 0.5) is 4.79 Å². The average molecular weight is 288 g/mol. The van der Waals surface area contributed by atoms with Gasteiger partial charge in [-0.25, -0.2) is 4.79 Å². The van der Waals surface area contributed by atoms with E-state index < -0.39 is 0 Å². The highest BCUT2D eigenvalue weighted by Gasteiger charge is 2.32. The van der Waals surface area contributed by atoms with Gasteiger partial charge >= 0.3 is 6.09 Å². The number of amides is 2. The van der Waals surface area contributed by atoms with Crippen molar-refractivity contribution in [1.29, 1.82) is 0 Å². The standard InChI is InChI=1S/C16H20N2O3/c19-15(13-5-4-6-13)17-9-11-18(12-10-17)16(20)21-14-7-2-1-3-8-14/h1-3,7-8,13H,4-6,9-12H2. The van der Waals surface area contributed by atoms with Crippen molar-refractivity contribution in [3.8, 4) is 5.75 Å². The van der Waals surface area contributed by atoms with Crippen molar-refractivity contribution in [2.24, 2.45) is 5.92 Å². The Morgan fingerprint density at radius 3 is 2.14 bits per heavy atom. The second kappa shape index (κ2) is 6.16. The fourth-order valence-corrected chi connectivity index (χ4v) is 2.68. The van der Waals surface area contributed by atoms with Gasteiger partial charge in [0.2, 0.25) is 5.91 Å². The lowest BCUT2D eigenvalue weighted by Gasteiger charge is -2.37. The lowest BCUT2D eigenvalue weighted by Crippen LogP contribution is -2.53. The monoisotopic (exact) mass is 288 g/mol. The van der Waals surface area contributed by atoms with Gasteiger partial charge in [0.05, 0.1) is 0 Å². The van der Waals surface area contributed by atoms with Crippen LogP contribution in [0.1, 0.15) is 19.3 Å². The van der Waals surface area contributed by atoms with Gasteiger partial charge < -0.3 is 14.5 Å². The molecule has 1 aromatic rings. The van der Waals surface area contributed by atoms with Gasteiger partial charge in [-0.15, -0.1) is 0 Å². The maximum atomic E-state index is 12.1. The number of rotatable bonds is 2. The van der Waals surface area contributed by atoms with E-state index in [2.05, 4.69) is 0 Å². The molecular formula is C16H20N2O3. The van der Waals surface area contributed by atoms with E-state index in [-0.39, 0.29) is 17.9 Å². The predicted molar refractivity (Wildman–Crippen MR) is 78.0 cm³/mol. The summed E-state index contributed by atoms with van der Waals surface area (Å²) in [7, 11) is 0. The molecule has 2 fully saturated rings. The number of carbonyl (C=O) groups excluding carboxylic acids is 2. The number of ether oxygens (including phenoxy) is 1. The second-order valence-corrected chi connectivity index (χ2v) is 5.62.